The minimum atomic E-state index is -0.730. The van der Waals surface area contributed by atoms with Gasteiger partial charge in [0.15, 0.2) is 0 Å². The summed E-state index contributed by atoms with van der Waals surface area (Å²) < 4.78 is 5.29. The molecule has 126 valence electrons. The maximum Gasteiger partial charge on any atom is 0.357 e. The van der Waals surface area contributed by atoms with E-state index in [1.807, 2.05) is 26.8 Å². The van der Waals surface area contributed by atoms with Crippen LogP contribution in [0.25, 0.3) is 0 Å². The van der Waals surface area contributed by atoms with Crippen LogP contribution < -0.4 is 4.90 Å². The number of nitrogens with zero attached hydrogens (tertiary/aromatic N) is 2. The van der Waals surface area contributed by atoms with Crippen molar-refractivity contribution in [3.63, 3.8) is 0 Å². The van der Waals surface area contributed by atoms with Crippen LogP contribution in [0.4, 0.5) is 5.69 Å². The molecular formula is C17H24N2O4. The van der Waals surface area contributed by atoms with Crippen molar-refractivity contribution in [1.29, 1.82) is 0 Å². The number of carboxylic acids is 1. The number of pyridine rings is 1. The first-order chi connectivity index (χ1) is 10.7. The minimum absolute atomic E-state index is 0.240. The Morgan fingerprint density at radius 1 is 1.30 bits per heavy atom. The molecular weight excluding hydrogens is 296 g/mol. The second-order valence-electron chi connectivity index (χ2n) is 6.93. The number of carbonyl (C=O) groups excluding carboxylic acids is 1. The van der Waals surface area contributed by atoms with Gasteiger partial charge in [-0.25, -0.2) is 9.78 Å². The van der Waals surface area contributed by atoms with Gasteiger partial charge in [0.05, 0.1) is 11.9 Å². The summed E-state index contributed by atoms with van der Waals surface area (Å²) in [4.78, 5) is 29.1. The summed E-state index contributed by atoms with van der Waals surface area (Å²) in [7, 11) is 0. The fourth-order valence-corrected chi connectivity index (χ4v) is 2.67. The zero-order valence-electron chi connectivity index (χ0n) is 13.9. The van der Waals surface area contributed by atoms with Crippen LogP contribution in [0.3, 0.4) is 0 Å². The Kier molecular flexibility index (Phi) is 5.23. The van der Waals surface area contributed by atoms with Gasteiger partial charge in [-0.15, -0.1) is 0 Å². The lowest BCUT2D eigenvalue weighted by Crippen LogP contribution is -2.34. The highest BCUT2D eigenvalue weighted by Crippen LogP contribution is 2.25. The molecule has 1 aliphatic heterocycles. The van der Waals surface area contributed by atoms with Crippen LogP contribution in [0.5, 0.6) is 0 Å². The number of carboxylic acid groups (broad SMARTS) is 1. The lowest BCUT2D eigenvalue weighted by Gasteiger charge is -2.32. The van der Waals surface area contributed by atoms with Crippen LogP contribution in [0.1, 0.15) is 50.5 Å². The Morgan fingerprint density at radius 2 is 1.96 bits per heavy atom. The molecule has 1 aromatic rings. The summed E-state index contributed by atoms with van der Waals surface area (Å²) in [6.07, 6.45) is 3.64. The number of anilines is 1. The summed E-state index contributed by atoms with van der Waals surface area (Å²) in [5.41, 5.74) is 0.708. The molecule has 1 aliphatic rings. The molecule has 6 heteroatoms. The molecule has 2 rings (SSSR count). The average Bonchev–Trinajstić information content (AvgIpc) is 2.46. The Morgan fingerprint density at radius 3 is 2.43 bits per heavy atom. The van der Waals surface area contributed by atoms with Crippen LogP contribution in [0.2, 0.25) is 0 Å². The minimum Gasteiger partial charge on any atom is -0.481 e. The standard InChI is InChI=1S/C17H24N2O4/c1-17(2,3)23-16(22)14-5-4-13(11-18-14)19-8-6-12(7-9-19)10-15(20)21/h4-5,11-12H,6-10H2,1-3H3,(H,20,21). The van der Waals surface area contributed by atoms with Gasteiger partial charge >= 0.3 is 11.9 Å². The van der Waals surface area contributed by atoms with Gasteiger partial charge in [0, 0.05) is 19.5 Å². The predicted octanol–water partition coefficient (Wildman–Crippen LogP) is 2.73. The maximum atomic E-state index is 11.9. The zero-order valence-corrected chi connectivity index (χ0v) is 13.9. The van der Waals surface area contributed by atoms with Gasteiger partial charge in [0.25, 0.3) is 0 Å². The second-order valence-corrected chi connectivity index (χ2v) is 6.93. The molecule has 0 radical (unpaired) electrons. The molecule has 0 aromatic carbocycles. The van der Waals surface area contributed by atoms with E-state index in [4.69, 9.17) is 9.84 Å². The highest BCUT2D eigenvalue weighted by atomic mass is 16.6. The molecule has 1 saturated heterocycles. The molecule has 0 unspecified atom stereocenters. The van der Waals surface area contributed by atoms with Crippen molar-refractivity contribution in [2.45, 2.75) is 45.6 Å². The van der Waals surface area contributed by atoms with Crippen molar-refractivity contribution in [2.24, 2.45) is 5.92 Å². The third kappa shape index (κ3) is 5.23. The number of esters is 1. The Hall–Kier alpha value is -2.11. The van der Waals surface area contributed by atoms with Gasteiger partial charge in [-0.2, -0.15) is 0 Å². The highest BCUT2D eigenvalue weighted by molar-refractivity contribution is 5.87. The molecule has 0 bridgehead atoms. The highest BCUT2D eigenvalue weighted by Gasteiger charge is 2.22. The molecule has 6 nitrogen and oxygen atoms in total. The number of carbonyl (C=O) groups is 2. The summed E-state index contributed by atoms with van der Waals surface area (Å²) in [5, 5.41) is 8.84. The van der Waals surface area contributed by atoms with E-state index in [1.54, 1.807) is 12.3 Å². The molecule has 23 heavy (non-hydrogen) atoms. The quantitative estimate of drug-likeness (QED) is 0.859. The van der Waals surface area contributed by atoms with Crippen LogP contribution in [0.15, 0.2) is 18.3 Å². The normalized spacial score (nSPS) is 16.2. The van der Waals surface area contributed by atoms with Gasteiger partial charge in [0.2, 0.25) is 0 Å². The molecule has 0 amide bonds. The van der Waals surface area contributed by atoms with Gasteiger partial charge in [-0.05, 0) is 51.7 Å². The van der Waals surface area contributed by atoms with E-state index in [2.05, 4.69) is 9.88 Å². The summed E-state index contributed by atoms with van der Waals surface area (Å²) in [6.45, 7) is 7.08. The molecule has 0 aliphatic carbocycles. The Bertz CT molecular complexity index is 555. The monoisotopic (exact) mass is 320 g/mol. The van der Waals surface area contributed by atoms with E-state index < -0.39 is 17.5 Å². The zero-order chi connectivity index (χ0) is 17.0. The Labute approximate surface area is 136 Å². The molecule has 1 N–H and O–H groups in total. The first-order valence-electron chi connectivity index (χ1n) is 7.91. The number of ether oxygens (including phenoxy) is 1. The van der Waals surface area contributed by atoms with Gasteiger partial charge in [-0.1, -0.05) is 0 Å². The van der Waals surface area contributed by atoms with E-state index in [-0.39, 0.29) is 12.3 Å². The van der Waals surface area contributed by atoms with Crippen molar-refractivity contribution in [3.05, 3.63) is 24.0 Å². The van der Waals surface area contributed by atoms with Gasteiger partial charge in [-0.3, -0.25) is 4.79 Å². The fraction of sp³-hybridized carbons (Fsp3) is 0.588. The van der Waals surface area contributed by atoms with E-state index in [0.717, 1.165) is 31.6 Å². The van der Waals surface area contributed by atoms with Crippen LogP contribution in [0, 0.1) is 5.92 Å². The van der Waals surface area contributed by atoms with E-state index >= 15 is 0 Å². The third-order valence-corrected chi connectivity index (χ3v) is 3.80. The molecule has 0 atom stereocenters. The summed E-state index contributed by atoms with van der Waals surface area (Å²) >= 11 is 0. The first-order valence-corrected chi connectivity index (χ1v) is 7.91. The number of hydrogen-bond donors (Lipinski definition) is 1. The van der Waals surface area contributed by atoms with Crippen molar-refractivity contribution in [1.82, 2.24) is 4.98 Å². The predicted molar refractivity (Wildman–Crippen MR) is 86.6 cm³/mol. The molecule has 0 spiro atoms. The maximum absolute atomic E-state index is 11.9. The van der Waals surface area contributed by atoms with Crippen LogP contribution >= 0.6 is 0 Å². The lowest BCUT2D eigenvalue weighted by atomic mass is 9.93. The van der Waals surface area contributed by atoms with Crippen molar-refractivity contribution in [3.8, 4) is 0 Å². The largest absolute Gasteiger partial charge is 0.481 e. The van der Waals surface area contributed by atoms with Crippen LogP contribution in [-0.4, -0.2) is 40.7 Å². The topological polar surface area (TPSA) is 79.7 Å². The van der Waals surface area contributed by atoms with Gasteiger partial charge in [0.1, 0.15) is 11.3 Å². The fourth-order valence-electron chi connectivity index (χ4n) is 2.67. The molecule has 0 saturated carbocycles. The molecule has 1 fully saturated rings. The lowest BCUT2D eigenvalue weighted by molar-refractivity contribution is -0.138. The second kappa shape index (κ2) is 6.98. The van der Waals surface area contributed by atoms with Crippen molar-refractivity contribution >= 4 is 17.6 Å². The summed E-state index contributed by atoms with van der Waals surface area (Å²) in [6, 6.07) is 3.54. The smallest absolute Gasteiger partial charge is 0.357 e. The molecule has 2 heterocycles. The number of hydrogen-bond acceptors (Lipinski definition) is 5. The number of aromatic nitrogens is 1. The number of piperidine rings is 1. The number of rotatable bonds is 4. The first kappa shape index (κ1) is 17.2. The third-order valence-electron chi connectivity index (χ3n) is 3.80. The van der Waals surface area contributed by atoms with Crippen LogP contribution in [-0.2, 0) is 9.53 Å². The van der Waals surface area contributed by atoms with Gasteiger partial charge < -0.3 is 14.7 Å². The van der Waals surface area contributed by atoms with E-state index in [1.165, 1.54) is 0 Å². The molecule has 1 aromatic heterocycles. The van der Waals surface area contributed by atoms with Crippen molar-refractivity contribution < 1.29 is 19.4 Å². The van der Waals surface area contributed by atoms with E-state index in [0.29, 0.717) is 5.69 Å². The average molecular weight is 320 g/mol. The Balaban J connectivity index is 1.93. The number of aliphatic carboxylic acids is 1. The summed E-state index contributed by atoms with van der Waals surface area (Å²) in [5.74, 6) is -0.909. The SMILES string of the molecule is CC(C)(C)OC(=O)c1ccc(N2CCC(CC(=O)O)CC2)cn1. The van der Waals surface area contributed by atoms with E-state index in [9.17, 15) is 9.59 Å². The van der Waals surface area contributed by atoms with Crippen molar-refractivity contribution in [2.75, 3.05) is 18.0 Å².